The van der Waals surface area contributed by atoms with Gasteiger partial charge in [-0.05, 0) is 48.7 Å². The number of amides is 1. The molecule has 1 unspecified atom stereocenters. The highest BCUT2D eigenvalue weighted by Crippen LogP contribution is 2.26. The monoisotopic (exact) mass is 448 g/mol. The van der Waals surface area contributed by atoms with E-state index < -0.39 is 22.4 Å². The first-order valence-electron chi connectivity index (χ1n) is 8.65. The van der Waals surface area contributed by atoms with Gasteiger partial charge in [0.15, 0.2) is 0 Å². The SMILES string of the molecule is CC(NCCc1ccc(-c2ccc(OC(F)(F)F)cc2)cc1)C(N)=O.CS(=O)(=O)O. The lowest BCUT2D eigenvalue weighted by Gasteiger charge is -2.11. The average molecular weight is 448 g/mol. The van der Waals surface area contributed by atoms with Gasteiger partial charge in [0.25, 0.3) is 10.1 Å². The number of hydrogen-bond acceptors (Lipinski definition) is 5. The Balaban J connectivity index is 0.000000804. The van der Waals surface area contributed by atoms with Crippen molar-refractivity contribution in [2.75, 3.05) is 12.8 Å². The molecule has 0 aliphatic heterocycles. The number of carbonyl (C=O) groups is 1. The van der Waals surface area contributed by atoms with Gasteiger partial charge in [-0.3, -0.25) is 9.35 Å². The lowest BCUT2D eigenvalue weighted by Crippen LogP contribution is -2.39. The Hall–Kier alpha value is -2.63. The predicted molar refractivity (Wildman–Crippen MR) is 106 cm³/mol. The van der Waals surface area contributed by atoms with Crippen molar-refractivity contribution in [3.05, 3.63) is 54.1 Å². The summed E-state index contributed by atoms with van der Waals surface area (Å²) in [4.78, 5) is 10.9. The Bertz CT molecular complexity index is 907. The molecule has 2 aromatic rings. The zero-order chi connectivity index (χ0) is 22.9. The summed E-state index contributed by atoms with van der Waals surface area (Å²) in [5.74, 6) is -0.643. The molecule has 0 aliphatic rings. The first-order valence-corrected chi connectivity index (χ1v) is 10.5. The van der Waals surface area contributed by atoms with Gasteiger partial charge in [0.1, 0.15) is 5.75 Å². The summed E-state index contributed by atoms with van der Waals surface area (Å²) in [6.07, 6.45) is -3.24. The molecule has 0 aromatic heterocycles. The van der Waals surface area contributed by atoms with Crippen molar-refractivity contribution in [3.63, 3.8) is 0 Å². The summed E-state index contributed by atoms with van der Waals surface area (Å²) in [7, 11) is -3.67. The maximum absolute atomic E-state index is 12.2. The van der Waals surface area contributed by atoms with Crippen LogP contribution in [0.2, 0.25) is 0 Å². The van der Waals surface area contributed by atoms with Crippen LogP contribution < -0.4 is 15.8 Å². The summed E-state index contributed by atoms with van der Waals surface area (Å²) in [6, 6.07) is 13.0. The minimum atomic E-state index is -4.69. The second-order valence-electron chi connectivity index (χ2n) is 6.33. The minimum Gasteiger partial charge on any atom is -0.406 e. The molecular formula is C19H23F3N2O5S. The Kier molecular flexibility index (Phi) is 9.27. The zero-order valence-corrected chi connectivity index (χ0v) is 17.1. The summed E-state index contributed by atoms with van der Waals surface area (Å²) in [5.41, 5.74) is 7.93. The number of hydrogen-bond donors (Lipinski definition) is 3. The van der Waals surface area contributed by atoms with Crippen LogP contribution >= 0.6 is 0 Å². The van der Waals surface area contributed by atoms with Crippen LogP contribution in [0.4, 0.5) is 13.2 Å². The molecular weight excluding hydrogens is 425 g/mol. The molecule has 2 aromatic carbocycles. The van der Waals surface area contributed by atoms with Gasteiger partial charge in [-0.2, -0.15) is 8.42 Å². The average Bonchev–Trinajstić information content (AvgIpc) is 2.60. The molecule has 0 saturated heterocycles. The van der Waals surface area contributed by atoms with E-state index in [1.165, 1.54) is 12.1 Å². The zero-order valence-electron chi connectivity index (χ0n) is 16.3. The number of primary amides is 1. The number of nitrogens with two attached hydrogens (primary N) is 1. The number of halogens is 3. The van der Waals surface area contributed by atoms with Crippen molar-refractivity contribution in [1.82, 2.24) is 5.32 Å². The van der Waals surface area contributed by atoms with Gasteiger partial charge in [0.05, 0.1) is 12.3 Å². The van der Waals surface area contributed by atoms with Gasteiger partial charge >= 0.3 is 6.36 Å². The highest BCUT2D eigenvalue weighted by molar-refractivity contribution is 7.85. The number of carbonyl (C=O) groups excluding carboxylic acids is 1. The molecule has 11 heteroatoms. The topological polar surface area (TPSA) is 119 Å². The number of nitrogens with one attached hydrogen (secondary N) is 1. The van der Waals surface area contributed by atoms with Crippen molar-refractivity contribution in [1.29, 1.82) is 0 Å². The van der Waals surface area contributed by atoms with E-state index in [-0.39, 0.29) is 11.8 Å². The third kappa shape index (κ3) is 11.4. The Morgan fingerprint density at radius 1 is 1.10 bits per heavy atom. The lowest BCUT2D eigenvalue weighted by atomic mass is 10.0. The van der Waals surface area contributed by atoms with Crippen LogP contribution in [0, 0.1) is 0 Å². The number of alkyl halides is 3. The van der Waals surface area contributed by atoms with Gasteiger partial charge in [-0.15, -0.1) is 13.2 Å². The molecule has 0 heterocycles. The fraction of sp³-hybridized carbons (Fsp3) is 0.316. The lowest BCUT2D eigenvalue weighted by molar-refractivity contribution is -0.274. The second kappa shape index (κ2) is 11.0. The van der Waals surface area contributed by atoms with Crippen LogP contribution in [0.5, 0.6) is 5.75 Å². The molecule has 1 amide bonds. The molecule has 7 nitrogen and oxygen atoms in total. The van der Waals surface area contributed by atoms with Gasteiger partial charge in [0, 0.05) is 0 Å². The van der Waals surface area contributed by atoms with E-state index in [4.69, 9.17) is 10.3 Å². The highest BCUT2D eigenvalue weighted by atomic mass is 32.2. The van der Waals surface area contributed by atoms with E-state index >= 15 is 0 Å². The molecule has 166 valence electrons. The van der Waals surface area contributed by atoms with Crippen LogP contribution in [0.1, 0.15) is 12.5 Å². The number of rotatable bonds is 7. The predicted octanol–water partition coefficient (Wildman–Crippen LogP) is 2.76. The van der Waals surface area contributed by atoms with E-state index in [1.54, 1.807) is 19.1 Å². The van der Waals surface area contributed by atoms with E-state index in [0.717, 1.165) is 23.1 Å². The van der Waals surface area contributed by atoms with Gasteiger partial charge < -0.3 is 15.8 Å². The first kappa shape index (κ1) is 25.4. The van der Waals surface area contributed by atoms with Crippen LogP contribution in [0.3, 0.4) is 0 Å². The van der Waals surface area contributed by atoms with Crippen molar-refractivity contribution < 1.29 is 35.7 Å². The van der Waals surface area contributed by atoms with Crippen LogP contribution in [-0.2, 0) is 21.3 Å². The molecule has 0 spiro atoms. The van der Waals surface area contributed by atoms with E-state index in [1.807, 2.05) is 24.3 Å². The summed E-state index contributed by atoms with van der Waals surface area (Å²) < 4.78 is 66.2. The van der Waals surface area contributed by atoms with Gasteiger partial charge in [-0.25, -0.2) is 0 Å². The molecule has 0 aliphatic carbocycles. The Morgan fingerprint density at radius 2 is 1.53 bits per heavy atom. The van der Waals surface area contributed by atoms with Crippen LogP contribution in [-0.4, -0.2) is 44.1 Å². The fourth-order valence-electron chi connectivity index (χ4n) is 2.25. The molecule has 0 bridgehead atoms. The molecule has 0 fully saturated rings. The van der Waals surface area contributed by atoms with Crippen molar-refractivity contribution in [2.45, 2.75) is 25.7 Å². The minimum absolute atomic E-state index is 0.248. The molecule has 30 heavy (non-hydrogen) atoms. The standard InChI is InChI=1S/C18H19F3N2O2.CH4O3S/c1-12(17(22)24)23-11-10-13-2-4-14(5-3-13)15-6-8-16(9-7-15)25-18(19,20)21;1-5(2,3)4/h2-9,12,23H,10-11H2,1H3,(H2,22,24);1H3,(H,2,3,4). The Labute approximate surface area is 172 Å². The van der Waals surface area contributed by atoms with E-state index in [2.05, 4.69) is 10.1 Å². The number of benzene rings is 2. The molecule has 1 atom stereocenters. The van der Waals surface area contributed by atoms with Gasteiger partial charge in [0.2, 0.25) is 5.91 Å². The van der Waals surface area contributed by atoms with Crippen molar-refractivity contribution >= 4 is 16.0 Å². The van der Waals surface area contributed by atoms with Gasteiger partial charge in [-0.1, -0.05) is 36.4 Å². The molecule has 4 N–H and O–H groups in total. The number of ether oxygens (including phenoxy) is 1. The Morgan fingerprint density at radius 3 is 1.93 bits per heavy atom. The van der Waals surface area contributed by atoms with Crippen LogP contribution in [0.25, 0.3) is 11.1 Å². The van der Waals surface area contributed by atoms with Crippen molar-refractivity contribution in [3.8, 4) is 16.9 Å². The second-order valence-corrected chi connectivity index (χ2v) is 7.80. The summed E-state index contributed by atoms with van der Waals surface area (Å²) in [5, 5.41) is 3.02. The third-order valence-corrected chi connectivity index (χ3v) is 3.67. The maximum atomic E-state index is 12.2. The summed E-state index contributed by atoms with van der Waals surface area (Å²) in [6.45, 7) is 2.32. The highest BCUT2D eigenvalue weighted by Gasteiger charge is 2.30. The van der Waals surface area contributed by atoms with Crippen molar-refractivity contribution in [2.24, 2.45) is 5.73 Å². The van der Waals surface area contributed by atoms with E-state index in [9.17, 15) is 26.4 Å². The van der Waals surface area contributed by atoms with E-state index in [0.29, 0.717) is 12.8 Å². The quantitative estimate of drug-likeness (QED) is 0.561. The fourth-order valence-corrected chi connectivity index (χ4v) is 2.25. The van der Waals surface area contributed by atoms with Crippen LogP contribution in [0.15, 0.2) is 48.5 Å². The first-order chi connectivity index (χ1) is 13.7. The largest absolute Gasteiger partial charge is 0.573 e. The molecule has 0 saturated carbocycles. The smallest absolute Gasteiger partial charge is 0.406 e. The summed E-state index contributed by atoms with van der Waals surface area (Å²) >= 11 is 0. The third-order valence-electron chi connectivity index (χ3n) is 3.67. The molecule has 2 rings (SSSR count). The molecule has 0 radical (unpaired) electrons. The normalized spacial score (nSPS) is 12.5. The maximum Gasteiger partial charge on any atom is 0.573 e.